The zero-order valence-electron chi connectivity index (χ0n) is 10.7. The Morgan fingerprint density at radius 2 is 2.05 bits per heavy atom. The van der Waals surface area contributed by atoms with Crippen LogP contribution in [0, 0.1) is 0 Å². The maximum Gasteiger partial charge on any atom is 0.234 e. The van der Waals surface area contributed by atoms with Crippen LogP contribution in [0.4, 0.5) is 11.4 Å². The van der Waals surface area contributed by atoms with Crippen molar-refractivity contribution in [1.82, 2.24) is 0 Å². The van der Waals surface area contributed by atoms with E-state index < -0.39 is 0 Å². The van der Waals surface area contributed by atoms with Gasteiger partial charge in [-0.15, -0.1) is 0 Å². The Hall–Kier alpha value is -2.17. The number of carbonyl (C=O) groups is 3. The summed E-state index contributed by atoms with van der Waals surface area (Å²) in [5, 5.41) is 0. The average Bonchev–Trinajstić information content (AvgIpc) is 2.91. The fourth-order valence-corrected chi connectivity index (χ4v) is 2.68. The second-order valence-corrected chi connectivity index (χ2v) is 4.93. The van der Waals surface area contributed by atoms with Crippen molar-refractivity contribution in [2.24, 2.45) is 0 Å². The third kappa shape index (κ3) is 1.91. The molecule has 1 aromatic carbocycles. The number of hydrogen-bond donors (Lipinski definition) is 0. The normalized spacial score (nSPS) is 18.2. The minimum absolute atomic E-state index is 0.000255. The molecule has 5 heteroatoms. The lowest BCUT2D eigenvalue weighted by Gasteiger charge is -2.19. The van der Waals surface area contributed by atoms with Crippen molar-refractivity contribution in [2.75, 3.05) is 22.9 Å². The van der Waals surface area contributed by atoms with Crippen LogP contribution in [0.25, 0.3) is 0 Å². The zero-order chi connectivity index (χ0) is 13.6. The molecule has 0 aliphatic carbocycles. The van der Waals surface area contributed by atoms with E-state index in [1.165, 1.54) is 11.8 Å². The largest absolute Gasteiger partial charge is 0.312 e. The summed E-state index contributed by atoms with van der Waals surface area (Å²) < 4.78 is 0. The highest BCUT2D eigenvalue weighted by molar-refractivity contribution is 6.15. The fraction of sp³-hybridized carbons (Fsp3) is 0.357. The first-order valence-corrected chi connectivity index (χ1v) is 6.29. The van der Waals surface area contributed by atoms with Gasteiger partial charge in [-0.1, -0.05) is 6.07 Å². The number of benzene rings is 1. The van der Waals surface area contributed by atoms with Crippen LogP contribution in [0.2, 0.25) is 0 Å². The first-order chi connectivity index (χ1) is 9.06. The van der Waals surface area contributed by atoms with Gasteiger partial charge < -0.3 is 9.80 Å². The van der Waals surface area contributed by atoms with Gasteiger partial charge in [-0.3, -0.25) is 14.4 Å². The summed E-state index contributed by atoms with van der Waals surface area (Å²) in [7, 11) is 0. The van der Waals surface area contributed by atoms with Gasteiger partial charge in [0.15, 0.2) is 5.78 Å². The van der Waals surface area contributed by atoms with Crippen molar-refractivity contribution in [3.8, 4) is 0 Å². The SMILES string of the molecule is CC(=O)N1CCc2ccc(N3CC(=O)CC3=O)cc21. The number of rotatable bonds is 1. The molecule has 0 bridgehead atoms. The van der Waals surface area contributed by atoms with Crippen LogP contribution in [0.3, 0.4) is 0 Å². The van der Waals surface area contributed by atoms with Gasteiger partial charge in [0.1, 0.15) is 0 Å². The lowest BCUT2D eigenvalue weighted by molar-refractivity contribution is -0.121. The number of fused-ring (bicyclic) bond motifs is 1. The third-order valence-corrected chi connectivity index (χ3v) is 3.64. The Labute approximate surface area is 110 Å². The molecule has 1 aromatic rings. The average molecular weight is 258 g/mol. The molecular weight excluding hydrogens is 244 g/mol. The molecule has 0 aromatic heterocycles. The van der Waals surface area contributed by atoms with Crippen molar-refractivity contribution >= 4 is 29.0 Å². The molecular formula is C14H14N2O3. The minimum Gasteiger partial charge on any atom is -0.312 e. The number of amides is 2. The standard InChI is InChI=1S/C14H14N2O3/c1-9(17)15-5-4-10-2-3-11(6-13(10)15)16-8-12(18)7-14(16)19/h2-3,6H,4-5,7-8H2,1H3. The molecule has 2 aliphatic heterocycles. The summed E-state index contributed by atoms with van der Waals surface area (Å²) in [5.74, 6) is -0.231. The van der Waals surface area contributed by atoms with Gasteiger partial charge in [-0.25, -0.2) is 0 Å². The van der Waals surface area contributed by atoms with E-state index in [9.17, 15) is 14.4 Å². The maximum absolute atomic E-state index is 11.7. The number of nitrogens with zero attached hydrogens (tertiary/aromatic N) is 2. The molecule has 19 heavy (non-hydrogen) atoms. The number of ketones is 1. The maximum atomic E-state index is 11.7. The van der Waals surface area contributed by atoms with Gasteiger partial charge in [0.2, 0.25) is 11.8 Å². The van der Waals surface area contributed by atoms with Crippen molar-refractivity contribution in [2.45, 2.75) is 19.8 Å². The van der Waals surface area contributed by atoms with Crippen LogP contribution in [0.5, 0.6) is 0 Å². The second kappa shape index (κ2) is 4.19. The summed E-state index contributed by atoms with van der Waals surface area (Å²) in [6, 6.07) is 5.61. The molecule has 0 spiro atoms. The molecule has 1 fully saturated rings. The lowest BCUT2D eigenvalue weighted by Crippen LogP contribution is -2.27. The van der Waals surface area contributed by atoms with E-state index in [1.807, 2.05) is 18.2 Å². The first-order valence-electron chi connectivity index (χ1n) is 6.29. The van der Waals surface area contributed by atoms with Crippen LogP contribution in [-0.4, -0.2) is 30.7 Å². The topological polar surface area (TPSA) is 57.7 Å². The number of hydrogen-bond acceptors (Lipinski definition) is 3. The molecule has 0 atom stereocenters. The predicted molar refractivity (Wildman–Crippen MR) is 70.2 cm³/mol. The first kappa shape index (κ1) is 11.9. The van der Waals surface area contributed by atoms with E-state index in [0.29, 0.717) is 12.2 Å². The van der Waals surface area contributed by atoms with Crippen LogP contribution in [0.1, 0.15) is 18.9 Å². The van der Waals surface area contributed by atoms with Gasteiger partial charge in [-0.2, -0.15) is 0 Å². The fourth-order valence-electron chi connectivity index (χ4n) is 2.68. The molecule has 0 saturated carbocycles. The van der Waals surface area contributed by atoms with Gasteiger partial charge in [-0.05, 0) is 24.1 Å². The van der Waals surface area contributed by atoms with Crippen molar-refractivity contribution in [3.63, 3.8) is 0 Å². The minimum atomic E-state index is -0.169. The summed E-state index contributed by atoms with van der Waals surface area (Å²) in [6.45, 7) is 2.35. The van der Waals surface area contributed by atoms with Crippen molar-refractivity contribution in [3.05, 3.63) is 23.8 Å². The van der Waals surface area contributed by atoms with Crippen LogP contribution < -0.4 is 9.80 Å². The van der Waals surface area contributed by atoms with E-state index >= 15 is 0 Å². The molecule has 3 rings (SSSR count). The Kier molecular flexibility index (Phi) is 2.62. The highest BCUT2D eigenvalue weighted by Crippen LogP contribution is 2.33. The smallest absolute Gasteiger partial charge is 0.234 e. The predicted octanol–water partition coefficient (Wildman–Crippen LogP) is 0.901. The molecule has 2 amide bonds. The Balaban J connectivity index is 1.98. The van der Waals surface area contributed by atoms with Gasteiger partial charge >= 0.3 is 0 Å². The number of anilines is 2. The summed E-state index contributed by atoms with van der Waals surface area (Å²) in [5.41, 5.74) is 2.66. The van der Waals surface area contributed by atoms with Crippen LogP contribution in [-0.2, 0) is 20.8 Å². The van der Waals surface area contributed by atoms with E-state index in [4.69, 9.17) is 0 Å². The van der Waals surface area contributed by atoms with Crippen molar-refractivity contribution < 1.29 is 14.4 Å². The molecule has 0 unspecified atom stereocenters. The number of Topliss-reactive ketones (excluding diaryl/α,β-unsaturated/α-hetero) is 1. The molecule has 5 nitrogen and oxygen atoms in total. The van der Waals surface area contributed by atoms with Gasteiger partial charge in [0.25, 0.3) is 0 Å². The van der Waals surface area contributed by atoms with Crippen LogP contribution >= 0.6 is 0 Å². The molecule has 0 N–H and O–H groups in total. The highest BCUT2D eigenvalue weighted by Gasteiger charge is 2.30. The van der Waals surface area contributed by atoms with Crippen molar-refractivity contribution in [1.29, 1.82) is 0 Å². The molecule has 2 aliphatic rings. The van der Waals surface area contributed by atoms with Crippen LogP contribution in [0.15, 0.2) is 18.2 Å². The van der Waals surface area contributed by atoms with Gasteiger partial charge in [0, 0.05) is 24.8 Å². The second-order valence-electron chi connectivity index (χ2n) is 4.93. The van der Waals surface area contributed by atoms with Gasteiger partial charge in [0.05, 0.1) is 13.0 Å². The quantitative estimate of drug-likeness (QED) is 0.703. The van der Waals surface area contributed by atoms with E-state index in [-0.39, 0.29) is 30.6 Å². The van der Waals surface area contributed by atoms with E-state index in [0.717, 1.165) is 17.7 Å². The summed E-state index contributed by atoms with van der Waals surface area (Å²) in [6.07, 6.45) is 0.815. The number of carbonyl (C=O) groups excluding carboxylic acids is 3. The Morgan fingerprint density at radius 1 is 1.26 bits per heavy atom. The molecule has 1 saturated heterocycles. The Morgan fingerprint density at radius 3 is 2.68 bits per heavy atom. The van der Waals surface area contributed by atoms with E-state index in [2.05, 4.69) is 0 Å². The molecule has 98 valence electrons. The summed E-state index contributed by atoms with van der Waals surface area (Å²) >= 11 is 0. The Bertz CT molecular complexity index is 594. The monoisotopic (exact) mass is 258 g/mol. The highest BCUT2D eigenvalue weighted by atomic mass is 16.2. The summed E-state index contributed by atoms with van der Waals surface area (Å²) in [4.78, 5) is 37.8. The third-order valence-electron chi connectivity index (χ3n) is 3.64. The molecule has 0 radical (unpaired) electrons. The zero-order valence-corrected chi connectivity index (χ0v) is 10.7. The lowest BCUT2D eigenvalue weighted by atomic mass is 10.1. The molecule has 2 heterocycles. The van der Waals surface area contributed by atoms with E-state index in [1.54, 1.807) is 4.90 Å².